The van der Waals surface area contributed by atoms with Crippen molar-refractivity contribution >= 4 is 5.97 Å². The van der Waals surface area contributed by atoms with Gasteiger partial charge in [0.25, 0.3) is 0 Å². The normalized spacial score (nSPS) is 32.5. The van der Waals surface area contributed by atoms with Gasteiger partial charge in [-0.25, -0.2) is 4.79 Å². The van der Waals surface area contributed by atoms with E-state index in [1.54, 1.807) is 6.92 Å². The lowest BCUT2D eigenvalue weighted by atomic mass is 9.71. The fourth-order valence-electron chi connectivity index (χ4n) is 7.92. The van der Waals surface area contributed by atoms with Gasteiger partial charge in [0.15, 0.2) is 0 Å². The molecule has 4 rings (SSSR count). The topological polar surface area (TPSA) is 29.5 Å². The molecule has 4 aliphatic rings. The van der Waals surface area contributed by atoms with Crippen molar-refractivity contribution in [3.05, 3.63) is 12.2 Å². The number of carbonyl (C=O) groups is 1. The molecule has 4 saturated carbocycles. The van der Waals surface area contributed by atoms with Gasteiger partial charge >= 0.3 is 5.97 Å². The molecule has 0 bridgehead atoms. The van der Waals surface area contributed by atoms with Gasteiger partial charge < -0.3 is 4.74 Å². The number of rotatable bonds is 8. The van der Waals surface area contributed by atoms with Crippen LogP contribution < -0.4 is 0 Å². The minimum Gasteiger partial charge on any atom is -0.462 e. The molecule has 0 aliphatic heterocycles. The first-order valence-corrected chi connectivity index (χ1v) is 14.7. The van der Waals surface area contributed by atoms with Crippen LogP contribution in [0.2, 0.25) is 0 Å². The molecular formula is C30H51NO2. The highest BCUT2D eigenvalue weighted by atomic mass is 16.5. The van der Waals surface area contributed by atoms with Crippen molar-refractivity contribution in [1.29, 1.82) is 0 Å². The van der Waals surface area contributed by atoms with E-state index in [0.717, 1.165) is 42.3 Å². The zero-order chi connectivity index (χ0) is 23.0. The van der Waals surface area contributed by atoms with Crippen LogP contribution in [-0.2, 0) is 9.53 Å². The third-order valence-corrected chi connectivity index (χ3v) is 9.82. The third-order valence-electron chi connectivity index (χ3n) is 9.82. The van der Waals surface area contributed by atoms with E-state index in [4.69, 9.17) is 4.74 Å². The Morgan fingerprint density at radius 1 is 0.697 bits per heavy atom. The van der Waals surface area contributed by atoms with Gasteiger partial charge in [0, 0.05) is 23.7 Å². The van der Waals surface area contributed by atoms with Crippen molar-refractivity contribution in [2.45, 2.75) is 147 Å². The Labute approximate surface area is 204 Å². The average Bonchev–Trinajstić information content (AvgIpc) is 2.87. The van der Waals surface area contributed by atoms with Gasteiger partial charge in [0.05, 0.1) is 6.61 Å². The predicted molar refractivity (Wildman–Crippen MR) is 137 cm³/mol. The Balaban J connectivity index is 1.28. The van der Waals surface area contributed by atoms with Crippen LogP contribution in [0.5, 0.6) is 0 Å². The molecule has 0 radical (unpaired) electrons. The molecule has 0 spiro atoms. The molecular weight excluding hydrogens is 406 g/mol. The minimum absolute atomic E-state index is 0.226. The van der Waals surface area contributed by atoms with Gasteiger partial charge in [-0.3, -0.25) is 4.90 Å². The monoisotopic (exact) mass is 457 g/mol. The minimum atomic E-state index is -0.226. The molecule has 0 heterocycles. The molecule has 3 heteroatoms. The van der Waals surface area contributed by atoms with Gasteiger partial charge in [-0.2, -0.15) is 0 Å². The third kappa shape index (κ3) is 7.09. The number of hydrogen-bond acceptors (Lipinski definition) is 3. The summed E-state index contributed by atoms with van der Waals surface area (Å²) < 4.78 is 5.38. The molecule has 0 atom stereocenters. The quantitative estimate of drug-likeness (QED) is 0.275. The maximum Gasteiger partial charge on any atom is 0.333 e. The second kappa shape index (κ2) is 12.8. The second-order valence-electron chi connectivity index (χ2n) is 12.1. The van der Waals surface area contributed by atoms with E-state index in [0.29, 0.717) is 12.2 Å². The summed E-state index contributed by atoms with van der Waals surface area (Å²) in [6.45, 7) is 5.99. The molecule has 4 fully saturated rings. The van der Waals surface area contributed by atoms with E-state index in [-0.39, 0.29) is 5.97 Å². The van der Waals surface area contributed by atoms with E-state index < -0.39 is 0 Å². The van der Waals surface area contributed by atoms with Gasteiger partial charge in [-0.1, -0.05) is 57.9 Å². The summed E-state index contributed by atoms with van der Waals surface area (Å²) in [6.07, 6.45) is 27.1. The summed E-state index contributed by atoms with van der Waals surface area (Å²) in [7, 11) is 0. The first-order chi connectivity index (χ1) is 16.1. The SMILES string of the molecule is C=C(C)C(=O)OCCC1CCC(N(C2CCCCC2)C2CCC(C3CCCCC3)CC2)CC1. The summed E-state index contributed by atoms with van der Waals surface area (Å²) in [6, 6.07) is 2.51. The summed E-state index contributed by atoms with van der Waals surface area (Å²) in [4.78, 5) is 14.8. The standard InChI is InChI=1S/C30H51NO2/c1-23(2)30(32)33-22-21-24-13-17-28(18-14-24)31(27-11-7-4-8-12-27)29-19-15-26(16-20-29)25-9-5-3-6-10-25/h24-29H,1,3-22H2,2H3. The van der Waals surface area contributed by atoms with E-state index in [2.05, 4.69) is 11.5 Å². The Morgan fingerprint density at radius 2 is 1.18 bits per heavy atom. The molecule has 33 heavy (non-hydrogen) atoms. The van der Waals surface area contributed by atoms with Crippen molar-refractivity contribution < 1.29 is 9.53 Å². The van der Waals surface area contributed by atoms with Crippen LogP contribution >= 0.6 is 0 Å². The highest BCUT2D eigenvalue weighted by molar-refractivity contribution is 5.86. The molecule has 0 aromatic heterocycles. The van der Waals surface area contributed by atoms with Crippen LogP contribution in [0.4, 0.5) is 0 Å². The number of carbonyl (C=O) groups excluding carboxylic acids is 1. The van der Waals surface area contributed by atoms with Crippen LogP contribution in [0.1, 0.15) is 129 Å². The van der Waals surface area contributed by atoms with Crippen molar-refractivity contribution in [3.63, 3.8) is 0 Å². The number of hydrogen-bond donors (Lipinski definition) is 0. The lowest BCUT2D eigenvalue weighted by Gasteiger charge is -2.49. The zero-order valence-electron chi connectivity index (χ0n) is 21.6. The van der Waals surface area contributed by atoms with Crippen molar-refractivity contribution in [1.82, 2.24) is 4.90 Å². The lowest BCUT2D eigenvalue weighted by Crippen LogP contribution is -2.52. The van der Waals surface area contributed by atoms with E-state index in [1.165, 1.54) is 116 Å². The average molecular weight is 458 g/mol. The maximum absolute atomic E-state index is 11.7. The van der Waals surface area contributed by atoms with E-state index in [1.807, 2.05) is 0 Å². The molecule has 0 aromatic carbocycles. The summed E-state index contributed by atoms with van der Waals surface area (Å²) in [5.74, 6) is 2.59. The van der Waals surface area contributed by atoms with Crippen molar-refractivity contribution in [2.24, 2.45) is 17.8 Å². The Bertz CT molecular complexity index is 603. The summed E-state index contributed by atoms with van der Waals surface area (Å²) in [5.41, 5.74) is 0.514. The maximum atomic E-state index is 11.7. The van der Waals surface area contributed by atoms with Gasteiger partial charge in [0.1, 0.15) is 0 Å². The highest BCUT2D eigenvalue weighted by Gasteiger charge is 2.38. The Kier molecular flexibility index (Phi) is 9.76. The molecule has 3 nitrogen and oxygen atoms in total. The fraction of sp³-hybridized carbons (Fsp3) is 0.900. The lowest BCUT2D eigenvalue weighted by molar-refractivity contribution is -0.139. The fourth-order valence-corrected chi connectivity index (χ4v) is 7.92. The largest absolute Gasteiger partial charge is 0.462 e. The van der Waals surface area contributed by atoms with E-state index in [9.17, 15) is 4.79 Å². The van der Waals surface area contributed by atoms with E-state index >= 15 is 0 Å². The van der Waals surface area contributed by atoms with Gasteiger partial charge in [-0.05, 0) is 95.3 Å². The molecule has 0 saturated heterocycles. The Morgan fingerprint density at radius 3 is 1.76 bits per heavy atom. The highest BCUT2D eigenvalue weighted by Crippen LogP contribution is 2.42. The van der Waals surface area contributed by atoms with Gasteiger partial charge in [0.2, 0.25) is 0 Å². The number of esters is 1. The van der Waals surface area contributed by atoms with Crippen LogP contribution in [0.15, 0.2) is 12.2 Å². The molecule has 0 amide bonds. The number of nitrogens with zero attached hydrogens (tertiary/aromatic N) is 1. The summed E-state index contributed by atoms with van der Waals surface area (Å²) in [5, 5.41) is 0. The van der Waals surface area contributed by atoms with Crippen LogP contribution in [0.25, 0.3) is 0 Å². The van der Waals surface area contributed by atoms with Crippen LogP contribution in [-0.4, -0.2) is 35.6 Å². The number of ether oxygens (including phenoxy) is 1. The Hall–Kier alpha value is -0.830. The van der Waals surface area contributed by atoms with Crippen LogP contribution in [0.3, 0.4) is 0 Å². The first-order valence-electron chi connectivity index (χ1n) is 14.7. The predicted octanol–water partition coefficient (Wildman–Crippen LogP) is 7.83. The molecule has 0 N–H and O–H groups in total. The second-order valence-corrected chi connectivity index (χ2v) is 12.1. The molecule has 0 aromatic rings. The van der Waals surface area contributed by atoms with Crippen molar-refractivity contribution in [3.8, 4) is 0 Å². The van der Waals surface area contributed by atoms with Crippen molar-refractivity contribution in [2.75, 3.05) is 6.61 Å². The summed E-state index contributed by atoms with van der Waals surface area (Å²) >= 11 is 0. The smallest absolute Gasteiger partial charge is 0.333 e. The zero-order valence-corrected chi connectivity index (χ0v) is 21.6. The van der Waals surface area contributed by atoms with Crippen LogP contribution in [0, 0.1) is 17.8 Å². The molecule has 4 aliphatic carbocycles. The first kappa shape index (κ1) is 25.3. The molecule has 188 valence electrons. The molecule has 0 unspecified atom stereocenters. The van der Waals surface area contributed by atoms with Gasteiger partial charge in [-0.15, -0.1) is 0 Å².